The fourth-order valence-corrected chi connectivity index (χ4v) is 4.12. The molecule has 1 N–H and O–H groups in total. The highest BCUT2D eigenvalue weighted by atomic mass is 16.5. The molecule has 0 spiro atoms. The van der Waals surface area contributed by atoms with Crippen molar-refractivity contribution >= 4 is 39.5 Å². The molecule has 0 aliphatic heterocycles. The minimum absolute atomic E-state index is 0.118. The summed E-state index contributed by atoms with van der Waals surface area (Å²) in [4.78, 5) is 31.0. The van der Waals surface area contributed by atoms with Crippen LogP contribution >= 0.6 is 0 Å². The minimum atomic E-state index is -0.118. The van der Waals surface area contributed by atoms with Crippen LogP contribution in [0.2, 0.25) is 0 Å². The number of pyridine rings is 1. The minimum Gasteiger partial charge on any atom is -0.478 e. The molecule has 3 aromatic heterocycles. The van der Waals surface area contributed by atoms with Gasteiger partial charge in [0.05, 0.1) is 29.5 Å². The average Bonchev–Trinajstić information content (AvgIpc) is 3.32. The third kappa shape index (κ3) is 5.80. The van der Waals surface area contributed by atoms with Crippen LogP contribution < -0.4 is 14.8 Å². The second kappa shape index (κ2) is 11.2. The van der Waals surface area contributed by atoms with E-state index in [1.165, 1.54) is 12.4 Å². The molecular formula is C29H29N7O3. The van der Waals surface area contributed by atoms with E-state index in [-0.39, 0.29) is 5.91 Å². The van der Waals surface area contributed by atoms with Gasteiger partial charge in [0.25, 0.3) is 0 Å². The average molecular weight is 524 g/mol. The number of amides is 1. The van der Waals surface area contributed by atoms with Gasteiger partial charge in [-0.15, -0.1) is 0 Å². The highest BCUT2D eigenvalue weighted by molar-refractivity contribution is 5.87. The van der Waals surface area contributed by atoms with E-state index in [1.807, 2.05) is 61.0 Å². The van der Waals surface area contributed by atoms with Crippen molar-refractivity contribution in [3.05, 3.63) is 79.4 Å². The summed E-state index contributed by atoms with van der Waals surface area (Å²) in [6.45, 7) is 6.46. The Morgan fingerprint density at radius 2 is 1.97 bits per heavy atom. The summed E-state index contributed by atoms with van der Waals surface area (Å²) in [5, 5.41) is 3.34. The van der Waals surface area contributed by atoms with Crippen LogP contribution in [0.3, 0.4) is 0 Å². The maximum Gasteiger partial charge on any atom is 0.245 e. The third-order valence-electron chi connectivity index (χ3n) is 6.26. The largest absolute Gasteiger partial charge is 0.478 e. The van der Waals surface area contributed by atoms with Crippen LogP contribution in [0.25, 0.3) is 22.1 Å². The second-order valence-electron chi connectivity index (χ2n) is 9.12. The molecule has 10 nitrogen and oxygen atoms in total. The molecule has 5 aromatic rings. The zero-order chi connectivity index (χ0) is 27.4. The number of ether oxygens (including phenoxy) is 2. The highest BCUT2D eigenvalue weighted by Gasteiger charge is 2.11. The predicted molar refractivity (Wildman–Crippen MR) is 151 cm³/mol. The Balaban J connectivity index is 1.27. The smallest absolute Gasteiger partial charge is 0.245 e. The Morgan fingerprint density at radius 1 is 1.10 bits per heavy atom. The van der Waals surface area contributed by atoms with Crippen LogP contribution in [-0.2, 0) is 11.8 Å². The molecule has 2 aromatic carbocycles. The Hall–Kier alpha value is -4.99. The van der Waals surface area contributed by atoms with Gasteiger partial charge in [0.1, 0.15) is 23.3 Å². The molecule has 0 bridgehead atoms. The number of nitrogens with zero attached hydrogens (tertiary/aromatic N) is 6. The summed E-state index contributed by atoms with van der Waals surface area (Å²) in [6.07, 6.45) is 5.24. The fourth-order valence-electron chi connectivity index (χ4n) is 4.12. The molecule has 10 heteroatoms. The molecule has 0 fully saturated rings. The maximum absolute atomic E-state index is 11.6. The van der Waals surface area contributed by atoms with Crippen molar-refractivity contribution in [3.8, 4) is 17.4 Å². The Bertz CT molecular complexity index is 1660. The van der Waals surface area contributed by atoms with Gasteiger partial charge in [-0.2, -0.15) is 0 Å². The molecule has 1 amide bonds. The number of carbonyl (C=O) groups is 1. The Morgan fingerprint density at radius 3 is 2.79 bits per heavy atom. The lowest BCUT2D eigenvalue weighted by Crippen LogP contribution is -2.26. The maximum atomic E-state index is 11.6. The van der Waals surface area contributed by atoms with Crippen LogP contribution in [-0.4, -0.2) is 55.5 Å². The Kier molecular flexibility index (Phi) is 7.35. The quantitative estimate of drug-likeness (QED) is 0.197. The van der Waals surface area contributed by atoms with Crippen molar-refractivity contribution < 1.29 is 14.3 Å². The van der Waals surface area contributed by atoms with E-state index in [1.54, 1.807) is 24.3 Å². The van der Waals surface area contributed by atoms with Gasteiger partial charge in [-0.3, -0.25) is 4.79 Å². The zero-order valence-electron chi connectivity index (χ0n) is 22.1. The molecule has 198 valence electrons. The molecule has 3 heterocycles. The lowest BCUT2D eigenvalue weighted by atomic mass is 10.2. The van der Waals surface area contributed by atoms with Gasteiger partial charge in [-0.25, -0.2) is 19.9 Å². The van der Waals surface area contributed by atoms with Gasteiger partial charge in [-0.1, -0.05) is 6.58 Å². The van der Waals surface area contributed by atoms with Crippen LogP contribution in [0.15, 0.2) is 73.8 Å². The van der Waals surface area contributed by atoms with E-state index < -0.39 is 0 Å². The van der Waals surface area contributed by atoms with Gasteiger partial charge < -0.3 is 24.3 Å². The number of aryl methyl sites for hydroxylation is 2. The monoisotopic (exact) mass is 523 g/mol. The molecule has 0 radical (unpaired) electrons. The molecule has 0 saturated heterocycles. The normalized spacial score (nSPS) is 10.9. The lowest BCUT2D eigenvalue weighted by molar-refractivity contribution is -0.124. The number of aromatic nitrogens is 5. The first-order valence-electron chi connectivity index (χ1n) is 12.5. The van der Waals surface area contributed by atoms with Gasteiger partial charge in [-0.05, 0) is 61.4 Å². The summed E-state index contributed by atoms with van der Waals surface area (Å²) in [5.74, 6) is 2.38. The van der Waals surface area contributed by atoms with Crippen molar-refractivity contribution in [1.29, 1.82) is 0 Å². The van der Waals surface area contributed by atoms with Gasteiger partial charge in [0.15, 0.2) is 5.82 Å². The molecular weight excluding hydrogens is 494 g/mol. The van der Waals surface area contributed by atoms with Crippen molar-refractivity contribution in [1.82, 2.24) is 29.4 Å². The first-order valence-corrected chi connectivity index (χ1v) is 12.5. The van der Waals surface area contributed by atoms with E-state index >= 15 is 0 Å². The number of anilines is 2. The molecule has 39 heavy (non-hydrogen) atoms. The number of hydrogen-bond acceptors (Lipinski definition) is 8. The van der Waals surface area contributed by atoms with Crippen molar-refractivity contribution in [2.24, 2.45) is 7.05 Å². The van der Waals surface area contributed by atoms with Crippen molar-refractivity contribution in [3.63, 3.8) is 0 Å². The van der Waals surface area contributed by atoms with E-state index in [9.17, 15) is 4.79 Å². The first kappa shape index (κ1) is 25.7. The molecule has 0 aliphatic carbocycles. The number of likely N-dealkylation sites (N-methyl/N-ethyl adjacent to an activating group) is 1. The number of benzene rings is 2. The van der Waals surface area contributed by atoms with Crippen LogP contribution in [0.4, 0.5) is 11.5 Å². The molecule has 0 atom stereocenters. The van der Waals surface area contributed by atoms with Crippen LogP contribution in [0.1, 0.15) is 12.0 Å². The molecule has 0 saturated carbocycles. The van der Waals surface area contributed by atoms with Crippen molar-refractivity contribution in [2.75, 3.05) is 25.5 Å². The topological polar surface area (TPSA) is 107 Å². The lowest BCUT2D eigenvalue weighted by Gasteiger charge is -2.15. The fraction of sp³-hybridized carbons (Fsp3) is 0.207. The SMILES string of the molecule is C=CC(=O)N(C)CCCOc1ccc2ncnc(Nc3ccc(Oc4ccc5c(c4)ncn5C)c(C)c3)c2n1. The second-order valence-corrected chi connectivity index (χ2v) is 9.12. The highest BCUT2D eigenvalue weighted by Crippen LogP contribution is 2.31. The summed E-state index contributed by atoms with van der Waals surface area (Å²) in [7, 11) is 3.70. The first-order chi connectivity index (χ1) is 18.9. The number of imidazole rings is 1. The molecule has 0 aliphatic rings. The number of nitrogens with one attached hydrogen (secondary N) is 1. The van der Waals surface area contributed by atoms with E-state index in [2.05, 4.69) is 31.8 Å². The number of fused-ring (bicyclic) bond motifs is 2. The predicted octanol–water partition coefficient (Wildman–Crippen LogP) is 5.17. The third-order valence-corrected chi connectivity index (χ3v) is 6.26. The summed E-state index contributed by atoms with van der Waals surface area (Å²) >= 11 is 0. The van der Waals surface area contributed by atoms with E-state index in [0.717, 1.165) is 33.8 Å². The van der Waals surface area contributed by atoms with Gasteiger partial charge in [0, 0.05) is 38.5 Å². The van der Waals surface area contributed by atoms with Gasteiger partial charge in [0.2, 0.25) is 11.8 Å². The van der Waals surface area contributed by atoms with Crippen LogP contribution in [0.5, 0.6) is 17.4 Å². The summed E-state index contributed by atoms with van der Waals surface area (Å²) in [5.41, 5.74) is 5.01. The summed E-state index contributed by atoms with van der Waals surface area (Å²) in [6, 6.07) is 15.3. The van der Waals surface area contributed by atoms with Gasteiger partial charge >= 0.3 is 0 Å². The van der Waals surface area contributed by atoms with E-state index in [0.29, 0.717) is 42.3 Å². The number of rotatable bonds is 10. The van der Waals surface area contributed by atoms with E-state index in [4.69, 9.17) is 9.47 Å². The van der Waals surface area contributed by atoms with Crippen molar-refractivity contribution in [2.45, 2.75) is 13.3 Å². The zero-order valence-corrected chi connectivity index (χ0v) is 22.1. The molecule has 5 rings (SSSR count). The standard InChI is InChI=1S/C29H29N7O3/c1-5-27(37)35(3)13-6-14-38-26-12-9-22-28(34-26)29(31-17-30-22)33-20-7-11-25(19(2)15-20)39-21-8-10-24-23(16-21)32-18-36(24)4/h5,7-12,15-18H,1,6,13-14H2,2-4H3,(H,30,31,33). The Labute approximate surface area is 225 Å². The molecule has 0 unspecified atom stereocenters. The number of carbonyl (C=O) groups excluding carboxylic acids is 1. The summed E-state index contributed by atoms with van der Waals surface area (Å²) < 4.78 is 13.9. The number of hydrogen-bond donors (Lipinski definition) is 1. The van der Waals surface area contributed by atoms with Crippen LogP contribution in [0, 0.1) is 6.92 Å².